The number of hydrogen-bond acceptors (Lipinski definition) is 17. The zero-order valence-corrected chi connectivity index (χ0v) is 41.7. The van der Waals surface area contributed by atoms with Crippen LogP contribution in [0.3, 0.4) is 0 Å². The molecule has 0 spiro atoms. The summed E-state index contributed by atoms with van der Waals surface area (Å²) in [5.41, 5.74) is 13.2. The maximum atomic E-state index is 14.3. The highest BCUT2D eigenvalue weighted by Gasteiger charge is 2.21. The topological polar surface area (TPSA) is 270 Å². The number of rotatable bonds is 15. The molecule has 10 rings (SSSR count). The van der Waals surface area contributed by atoms with Crippen molar-refractivity contribution in [2.45, 2.75) is 6.54 Å². The number of nitro groups is 2. The zero-order valence-electron chi connectivity index (χ0n) is 40.0. The summed E-state index contributed by atoms with van der Waals surface area (Å²) < 4.78 is 71.0. The van der Waals surface area contributed by atoms with Crippen molar-refractivity contribution in [1.29, 1.82) is 0 Å². The molecule has 0 aliphatic carbocycles. The number of para-hydroxylation sites is 3. The second-order valence-corrected chi connectivity index (χ2v) is 16.9. The highest BCUT2D eigenvalue weighted by molar-refractivity contribution is 7.17. The molecule has 0 aliphatic rings. The lowest BCUT2D eigenvalue weighted by Gasteiger charge is -2.07. The Morgan fingerprint density at radius 3 is 1.77 bits per heavy atom. The number of thiazole rings is 2. The molecule has 0 saturated heterocycles. The number of aromatic nitrogens is 8. The lowest BCUT2D eigenvalue weighted by molar-refractivity contribution is -0.390. The number of imidazole rings is 3. The summed E-state index contributed by atoms with van der Waals surface area (Å²) in [6, 6.07) is 23.6. The molecule has 20 nitrogen and oxygen atoms in total. The molecule has 10 aromatic rings. The number of aromatic amines is 2. The van der Waals surface area contributed by atoms with E-state index in [4.69, 9.17) is 15.2 Å². The molecule has 5 aromatic heterocycles. The van der Waals surface area contributed by atoms with Crippen LogP contribution >= 0.6 is 22.7 Å². The van der Waals surface area contributed by atoms with Gasteiger partial charge in [0.15, 0.2) is 17.9 Å². The third kappa shape index (κ3) is 14.6. The number of benzene rings is 5. The summed E-state index contributed by atoms with van der Waals surface area (Å²) in [7, 11) is 4.79. The molecule has 75 heavy (non-hydrogen) atoms. The van der Waals surface area contributed by atoms with Gasteiger partial charge in [0.1, 0.15) is 28.5 Å². The van der Waals surface area contributed by atoms with E-state index in [1.54, 1.807) is 49.2 Å². The van der Waals surface area contributed by atoms with Gasteiger partial charge in [-0.2, -0.15) is 13.2 Å². The van der Waals surface area contributed by atoms with Gasteiger partial charge in [-0.3, -0.25) is 25.0 Å². The Labute approximate surface area is 431 Å². The molecule has 0 atom stereocenters. The molecule has 0 bridgehead atoms. The van der Waals surface area contributed by atoms with Crippen LogP contribution in [0.5, 0.6) is 0 Å². The fraction of sp³-hybridized carbons (Fsp3) is 0.184. The lowest BCUT2D eigenvalue weighted by atomic mass is 10.2. The van der Waals surface area contributed by atoms with Gasteiger partial charge in [0.2, 0.25) is 17.5 Å². The van der Waals surface area contributed by atoms with Gasteiger partial charge in [-0.25, -0.2) is 29.3 Å². The summed E-state index contributed by atoms with van der Waals surface area (Å²) >= 11 is 3.21. The highest BCUT2D eigenvalue weighted by Crippen LogP contribution is 2.30. The minimum Gasteiger partial charge on any atom is -0.383 e. The van der Waals surface area contributed by atoms with Crippen LogP contribution in [0.1, 0.15) is 10.5 Å². The molecular formula is C49H46F4N12O8S2. The molecule has 0 amide bonds. The molecule has 0 unspecified atom stereocenters. The predicted molar refractivity (Wildman–Crippen MR) is 278 cm³/mol. The van der Waals surface area contributed by atoms with Gasteiger partial charge in [0, 0.05) is 52.1 Å². The van der Waals surface area contributed by atoms with Crippen LogP contribution < -0.4 is 11.1 Å². The number of anilines is 1. The lowest BCUT2D eigenvalue weighted by Crippen LogP contribution is -2.09. The SMILES string of the molecule is COCCN.COCCNc1cccc(F)c1[N+](=O)[O-].COCCn1c(-c2cnc(-c3ccc4scnc4c3)[nH]2)nc2c(F)cccc21.O=Cc1cnc(-c2ccc3scnc3c2)[nH]1.O=[N+]([O-])c1c(F)cccc1F. The van der Waals surface area contributed by atoms with Crippen molar-refractivity contribution in [1.82, 2.24) is 39.5 Å². The standard InChI is InChI=1S/C20H16FN5OS.C11H7N3OS.C9H11FN2O3.C6H3F2NO2.C3H9NO/c1-27-8-7-26-16-4-2-3-13(21)18(16)25-20(26)15-10-22-19(24-15)12-5-6-17-14(9-12)23-11-28-17;15-5-8-4-12-11(14-8)7-1-2-10-9(3-7)13-6-16-10;1-15-6-5-11-8-4-2-3-7(10)9(8)12(13)14;7-4-2-1-3-5(8)6(4)9(10)11;1-5-3-2-4/h2-6,9-11H,7-8H2,1H3,(H,22,24);1-6H,(H,12,14);2-4,11H,5-6H2,1H3;1-3H;2-4H2,1H3. The molecule has 390 valence electrons. The molecular weight excluding hydrogens is 1020 g/mol. The summed E-state index contributed by atoms with van der Waals surface area (Å²) in [4.78, 5) is 57.3. The summed E-state index contributed by atoms with van der Waals surface area (Å²) in [5.74, 6) is -1.46. The fourth-order valence-corrected chi connectivity index (χ4v) is 8.09. The zero-order chi connectivity index (χ0) is 53.9. The van der Waals surface area contributed by atoms with E-state index < -0.39 is 38.7 Å². The first-order valence-electron chi connectivity index (χ1n) is 22.1. The smallest absolute Gasteiger partial charge is 0.340 e. The number of methoxy groups -OCH3 is 3. The predicted octanol–water partition coefficient (Wildman–Crippen LogP) is 10.2. The number of fused-ring (bicyclic) bond motifs is 3. The van der Waals surface area contributed by atoms with Crippen LogP contribution in [0.25, 0.3) is 65.8 Å². The second kappa shape index (κ2) is 27.6. The number of nitrogens with one attached hydrogen (secondary N) is 3. The summed E-state index contributed by atoms with van der Waals surface area (Å²) in [5, 5.41) is 23.3. The Morgan fingerprint density at radius 2 is 1.24 bits per heavy atom. The Bertz CT molecular complexity index is 3470. The van der Waals surface area contributed by atoms with Crippen molar-refractivity contribution >= 4 is 77.5 Å². The molecule has 26 heteroatoms. The van der Waals surface area contributed by atoms with Crippen LogP contribution in [-0.2, 0) is 20.8 Å². The Kier molecular flexibility index (Phi) is 20.6. The molecule has 5 N–H and O–H groups in total. The van der Waals surface area contributed by atoms with E-state index in [0.717, 1.165) is 79.1 Å². The number of H-pyrrole nitrogens is 2. The minimum atomic E-state index is -1.16. The third-order valence-electron chi connectivity index (χ3n) is 10.2. The van der Waals surface area contributed by atoms with Gasteiger partial charge in [0.25, 0.3) is 0 Å². The average molecular weight is 1070 g/mol. The van der Waals surface area contributed by atoms with Gasteiger partial charge >= 0.3 is 11.4 Å². The van der Waals surface area contributed by atoms with Gasteiger partial charge < -0.3 is 39.8 Å². The summed E-state index contributed by atoms with van der Waals surface area (Å²) in [6.45, 7) is 3.13. The number of nitrogens with two attached hydrogens (primary N) is 1. The Morgan fingerprint density at radius 1 is 0.693 bits per heavy atom. The third-order valence-corrected chi connectivity index (χ3v) is 11.8. The first-order valence-corrected chi connectivity index (χ1v) is 23.9. The number of aldehydes is 1. The van der Waals surface area contributed by atoms with Crippen LogP contribution in [0.4, 0.5) is 34.6 Å². The van der Waals surface area contributed by atoms with Crippen LogP contribution in [0.15, 0.2) is 114 Å². The molecule has 5 heterocycles. The van der Waals surface area contributed by atoms with Gasteiger partial charge in [0.05, 0.1) is 84.7 Å². The highest BCUT2D eigenvalue weighted by atomic mass is 32.1. The Hall–Kier alpha value is -8.40. The van der Waals surface area contributed by atoms with Gasteiger partial charge in [-0.05, 0) is 72.8 Å². The van der Waals surface area contributed by atoms with Crippen molar-refractivity contribution in [2.24, 2.45) is 5.73 Å². The molecule has 0 saturated carbocycles. The molecule has 0 aliphatic heterocycles. The molecule has 0 fully saturated rings. The van der Waals surface area contributed by atoms with Crippen LogP contribution in [0.2, 0.25) is 0 Å². The molecule has 5 aromatic carbocycles. The summed E-state index contributed by atoms with van der Waals surface area (Å²) in [6.07, 6.45) is 3.99. The number of ether oxygens (including phenoxy) is 3. The van der Waals surface area contributed by atoms with E-state index in [-0.39, 0.29) is 11.5 Å². The van der Waals surface area contributed by atoms with E-state index in [9.17, 15) is 42.6 Å². The van der Waals surface area contributed by atoms with Crippen molar-refractivity contribution in [3.05, 3.63) is 164 Å². The van der Waals surface area contributed by atoms with E-state index in [1.165, 1.54) is 31.5 Å². The van der Waals surface area contributed by atoms with E-state index in [1.807, 2.05) is 58.1 Å². The number of hydrogen-bond donors (Lipinski definition) is 4. The van der Waals surface area contributed by atoms with Crippen molar-refractivity contribution in [2.75, 3.05) is 59.6 Å². The number of halogens is 4. The first kappa shape index (κ1) is 55.9. The number of carbonyl (C=O) groups excluding carboxylic acids is 1. The molecule has 0 radical (unpaired) electrons. The quantitative estimate of drug-likeness (QED) is 0.0244. The number of nitro benzene ring substituents is 2. The maximum absolute atomic E-state index is 14.3. The largest absolute Gasteiger partial charge is 0.383 e. The normalized spacial score (nSPS) is 10.6. The van der Waals surface area contributed by atoms with E-state index in [2.05, 4.69) is 44.9 Å². The Balaban J connectivity index is 0.000000167. The first-order chi connectivity index (χ1) is 36.3. The minimum absolute atomic E-state index is 0.164. The van der Waals surface area contributed by atoms with Crippen LogP contribution in [0, 0.1) is 43.5 Å². The fourth-order valence-electron chi connectivity index (χ4n) is 6.77. The van der Waals surface area contributed by atoms with Crippen molar-refractivity contribution in [3.63, 3.8) is 0 Å². The second-order valence-electron chi connectivity index (χ2n) is 15.1. The van der Waals surface area contributed by atoms with E-state index in [0.29, 0.717) is 62.3 Å². The maximum Gasteiger partial charge on any atom is 0.340 e. The van der Waals surface area contributed by atoms with E-state index >= 15 is 0 Å². The monoisotopic (exact) mass is 1070 g/mol. The number of carbonyl (C=O) groups is 1. The van der Waals surface area contributed by atoms with Crippen molar-refractivity contribution in [3.8, 4) is 34.3 Å². The average Bonchev–Trinajstić information content (AvgIpc) is 4.28. The van der Waals surface area contributed by atoms with Crippen LogP contribution in [-0.4, -0.2) is 110 Å². The van der Waals surface area contributed by atoms with Crippen molar-refractivity contribution < 1.29 is 46.4 Å². The van der Waals surface area contributed by atoms with Gasteiger partial charge in [-0.15, -0.1) is 22.7 Å². The van der Waals surface area contributed by atoms with Gasteiger partial charge in [-0.1, -0.05) is 18.2 Å². The number of nitrogens with zero attached hydrogens (tertiary/aromatic N) is 8.